The van der Waals surface area contributed by atoms with Crippen LogP contribution in [0.5, 0.6) is 0 Å². The van der Waals surface area contributed by atoms with Crippen LogP contribution in [0, 0.1) is 0 Å². The molecule has 112 valence electrons. The average Bonchev–Trinajstić information content (AvgIpc) is 2.65. The zero-order valence-electron chi connectivity index (χ0n) is 11.9. The highest BCUT2D eigenvalue weighted by Gasteiger charge is 2.26. The minimum atomic E-state index is -3.18. The standard InChI is InChI=1S/C13H21N3O3S/c1-3-20(17,18)16-8-7-15(9-10-19-2)13-12(11-16)5-4-6-14-13/h4-6H,3,7-11H2,1-2H3. The van der Waals surface area contributed by atoms with Crippen LogP contribution in [-0.2, 0) is 21.3 Å². The van der Waals surface area contributed by atoms with E-state index in [9.17, 15) is 8.42 Å². The number of aromatic nitrogens is 1. The van der Waals surface area contributed by atoms with Gasteiger partial charge in [-0.05, 0) is 13.0 Å². The molecule has 0 aromatic carbocycles. The number of nitrogens with zero attached hydrogens (tertiary/aromatic N) is 3. The van der Waals surface area contributed by atoms with Crippen molar-refractivity contribution in [3.05, 3.63) is 23.9 Å². The summed E-state index contributed by atoms with van der Waals surface area (Å²) in [4.78, 5) is 6.49. The highest BCUT2D eigenvalue weighted by atomic mass is 32.2. The lowest BCUT2D eigenvalue weighted by Gasteiger charge is -2.23. The van der Waals surface area contributed by atoms with Crippen LogP contribution >= 0.6 is 0 Å². The van der Waals surface area contributed by atoms with Crippen molar-refractivity contribution in [3.63, 3.8) is 0 Å². The number of hydrogen-bond donors (Lipinski definition) is 0. The first-order chi connectivity index (χ1) is 9.58. The van der Waals surface area contributed by atoms with Crippen LogP contribution in [0.3, 0.4) is 0 Å². The fraction of sp³-hybridized carbons (Fsp3) is 0.615. The number of fused-ring (bicyclic) bond motifs is 1. The van der Waals surface area contributed by atoms with E-state index in [1.807, 2.05) is 12.1 Å². The molecule has 1 aliphatic rings. The van der Waals surface area contributed by atoms with Crippen LogP contribution in [0.15, 0.2) is 18.3 Å². The summed E-state index contributed by atoms with van der Waals surface area (Å²) in [5.41, 5.74) is 0.943. The lowest BCUT2D eigenvalue weighted by atomic mass is 10.2. The van der Waals surface area contributed by atoms with Crippen LogP contribution in [-0.4, -0.2) is 56.8 Å². The SMILES string of the molecule is CCS(=O)(=O)N1CCN(CCOC)c2ncccc2C1. The third-order valence-electron chi connectivity index (χ3n) is 3.46. The molecule has 6 nitrogen and oxygen atoms in total. The first-order valence-corrected chi connectivity index (χ1v) is 8.35. The number of anilines is 1. The molecule has 0 radical (unpaired) electrons. The van der Waals surface area contributed by atoms with Crippen LogP contribution in [0.1, 0.15) is 12.5 Å². The number of pyridine rings is 1. The van der Waals surface area contributed by atoms with Crippen molar-refractivity contribution in [1.29, 1.82) is 0 Å². The second-order valence-electron chi connectivity index (χ2n) is 4.70. The Labute approximate surface area is 120 Å². The molecule has 0 spiro atoms. The van der Waals surface area contributed by atoms with Gasteiger partial charge < -0.3 is 9.64 Å². The molecule has 0 aliphatic carbocycles. The summed E-state index contributed by atoms with van der Waals surface area (Å²) in [5, 5.41) is 0. The maximum atomic E-state index is 12.1. The molecule has 0 saturated heterocycles. The highest BCUT2D eigenvalue weighted by molar-refractivity contribution is 7.89. The predicted molar refractivity (Wildman–Crippen MR) is 78.2 cm³/mol. The van der Waals surface area contributed by atoms with E-state index in [4.69, 9.17) is 4.74 Å². The van der Waals surface area contributed by atoms with Gasteiger partial charge in [0.2, 0.25) is 10.0 Å². The Morgan fingerprint density at radius 3 is 2.90 bits per heavy atom. The minimum Gasteiger partial charge on any atom is -0.383 e. The van der Waals surface area contributed by atoms with Gasteiger partial charge in [-0.3, -0.25) is 0 Å². The third kappa shape index (κ3) is 3.28. The largest absolute Gasteiger partial charge is 0.383 e. The number of hydrogen-bond acceptors (Lipinski definition) is 5. The van der Waals surface area contributed by atoms with Gasteiger partial charge in [0.25, 0.3) is 0 Å². The van der Waals surface area contributed by atoms with Gasteiger partial charge in [0, 0.05) is 45.0 Å². The minimum absolute atomic E-state index is 0.126. The number of ether oxygens (including phenoxy) is 1. The van der Waals surface area contributed by atoms with E-state index in [1.165, 1.54) is 0 Å². The average molecular weight is 299 g/mol. The van der Waals surface area contributed by atoms with Crippen molar-refractivity contribution in [3.8, 4) is 0 Å². The Hall–Kier alpha value is -1.18. The lowest BCUT2D eigenvalue weighted by Crippen LogP contribution is -2.37. The van der Waals surface area contributed by atoms with E-state index in [1.54, 1.807) is 24.5 Å². The number of rotatable bonds is 5. The zero-order valence-corrected chi connectivity index (χ0v) is 12.8. The van der Waals surface area contributed by atoms with Gasteiger partial charge in [0.15, 0.2) is 0 Å². The van der Waals surface area contributed by atoms with Crippen LogP contribution in [0.4, 0.5) is 5.82 Å². The summed E-state index contributed by atoms with van der Waals surface area (Å²) in [6.07, 6.45) is 1.74. The van der Waals surface area contributed by atoms with E-state index in [0.717, 1.165) is 11.4 Å². The van der Waals surface area contributed by atoms with Gasteiger partial charge in [-0.1, -0.05) is 6.07 Å². The molecule has 0 saturated carbocycles. The topological polar surface area (TPSA) is 62.7 Å². The second kappa shape index (κ2) is 6.51. The highest BCUT2D eigenvalue weighted by Crippen LogP contribution is 2.23. The van der Waals surface area contributed by atoms with Gasteiger partial charge in [-0.25, -0.2) is 13.4 Å². The van der Waals surface area contributed by atoms with Crippen molar-refractivity contribution >= 4 is 15.8 Å². The normalized spacial score (nSPS) is 16.8. The predicted octanol–water partition coefficient (Wildman–Crippen LogP) is 0.700. The van der Waals surface area contributed by atoms with Crippen molar-refractivity contribution in [2.45, 2.75) is 13.5 Å². The molecule has 20 heavy (non-hydrogen) atoms. The van der Waals surface area contributed by atoms with Crippen molar-refractivity contribution < 1.29 is 13.2 Å². The van der Waals surface area contributed by atoms with Crippen LogP contribution in [0.25, 0.3) is 0 Å². The molecule has 0 bridgehead atoms. The fourth-order valence-corrected chi connectivity index (χ4v) is 3.35. The lowest BCUT2D eigenvalue weighted by molar-refractivity contribution is 0.205. The fourth-order valence-electron chi connectivity index (χ4n) is 2.28. The smallest absolute Gasteiger partial charge is 0.214 e. The maximum absolute atomic E-state index is 12.1. The van der Waals surface area contributed by atoms with E-state index >= 15 is 0 Å². The maximum Gasteiger partial charge on any atom is 0.214 e. The molecule has 2 heterocycles. The van der Waals surface area contributed by atoms with Crippen LogP contribution in [0.2, 0.25) is 0 Å². The Kier molecular flexibility index (Phi) is 4.95. The van der Waals surface area contributed by atoms with E-state index in [2.05, 4.69) is 9.88 Å². The molecule has 0 amide bonds. The molecular weight excluding hydrogens is 278 g/mol. The van der Waals surface area contributed by atoms with Gasteiger partial charge in [-0.15, -0.1) is 0 Å². The third-order valence-corrected chi connectivity index (χ3v) is 5.28. The molecular formula is C13H21N3O3S. The van der Waals surface area contributed by atoms with Gasteiger partial charge >= 0.3 is 0 Å². The van der Waals surface area contributed by atoms with E-state index < -0.39 is 10.0 Å². The quantitative estimate of drug-likeness (QED) is 0.801. The Morgan fingerprint density at radius 1 is 1.40 bits per heavy atom. The van der Waals surface area contributed by atoms with Gasteiger partial charge in [0.1, 0.15) is 5.82 Å². The monoisotopic (exact) mass is 299 g/mol. The molecule has 1 aliphatic heterocycles. The summed E-state index contributed by atoms with van der Waals surface area (Å²) < 4.78 is 30.9. The summed E-state index contributed by atoms with van der Waals surface area (Å²) in [6.45, 7) is 4.48. The van der Waals surface area contributed by atoms with Crippen LogP contribution < -0.4 is 4.90 Å². The summed E-state index contributed by atoms with van der Waals surface area (Å²) in [6, 6.07) is 3.78. The first-order valence-electron chi connectivity index (χ1n) is 6.74. The van der Waals surface area contributed by atoms with E-state index in [0.29, 0.717) is 32.8 Å². The number of methoxy groups -OCH3 is 1. The summed E-state index contributed by atoms with van der Waals surface area (Å²) in [7, 11) is -1.53. The first kappa shape index (κ1) is 15.2. The zero-order chi connectivity index (χ0) is 14.6. The summed E-state index contributed by atoms with van der Waals surface area (Å²) in [5.74, 6) is 0.985. The van der Waals surface area contributed by atoms with Gasteiger partial charge in [-0.2, -0.15) is 4.31 Å². The summed E-state index contributed by atoms with van der Waals surface area (Å²) >= 11 is 0. The second-order valence-corrected chi connectivity index (χ2v) is 6.96. The Bertz CT molecular complexity index is 548. The Morgan fingerprint density at radius 2 is 2.20 bits per heavy atom. The molecule has 2 rings (SSSR count). The van der Waals surface area contributed by atoms with E-state index in [-0.39, 0.29) is 5.75 Å². The van der Waals surface area contributed by atoms with Gasteiger partial charge in [0.05, 0.1) is 12.4 Å². The molecule has 7 heteroatoms. The molecule has 0 N–H and O–H groups in total. The molecule has 1 aromatic heterocycles. The molecule has 0 fully saturated rings. The molecule has 0 unspecified atom stereocenters. The number of sulfonamides is 1. The van der Waals surface area contributed by atoms with Crippen molar-refractivity contribution in [2.75, 3.05) is 44.0 Å². The molecule has 0 atom stereocenters. The van der Waals surface area contributed by atoms with Crippen molar-refractivity contribution in [1.82, 2.24) is 9.29 Å². The Balaban J connectivity index is 2.28. The molecule has 1 aromatic rings. The van der Waals surface area contributed by atoms with Crippen molar-refractivity contribution in [2.24, 2.45) is 0 Å².